The fourth-order valence-electron chi connectivity index (χ4n) is 2.03. The molecule has 3 heterocycles. The van der Waals surface area contributed by atoms with Crippen molar-refractivity contribution in [3.8, 4) is 17.0 Å². The van der Waals surface area contributed by atoms with Crippen molar-refractivity contribution in [3.63, 3.8) is 0 Å². The van der Waals surface area contributed by atoms with Crippen LogP contribution in [0.25, 0.3) is 16.6 Å². The Balaban J connectivity index is 1.98. The lowest BCUT2D eigenvalue weighted by atomic mass is 10.1. The third kappa shape index (κ3) is 3.13. The van der Waals surface area contributed by atoms with Gasteiger partial charge in [-0.3, -0.25) is 0 Å². The lowest BCUT2D eigenvalue weighted by Crippen LogP contribution is -2.45. The molecule has 0 atom stereocenters. The van der Waals surface area contributed by atoms with E-state index in [2.05, 4.69) is 15.3 Å². The highest BCUT2D eigenvalue weighted by molar-refractivity contribution is 5.69. The third-order valence-corrected chi connectivity index (χ3v) is 3.59. The molecule has 25 heavy (non-hydrogen) atoms. The van der Waals surface area contributed by atoms with Crippen molar-refractivity contribution in [1.29, 1.82) is 0 Å². The van der Waals surface area contributed by atoms with Crippen LogP contribution in [0.5, 0.6) is 5.88 Å². The maximum absolute atomic E-state index is 14.3. The SMILES string of the molecule is [2H]C([2H])([2H])c1nnn2ccc(-c3cnc(OC(C)(C)C(F)(F)F)c(F)c3)cc12. The number of halogens is 4. The Morgan fingerprint density at radius 1 is 1.20 bits per heavy atom. The van der Waals surface area contributed by atoms with E-state index >= 15 is 0 Å². The summed E-state index contributed by atoms with van der Waals surface area (Å²) in [5, 5.41) is 7.34. The standard InChI is InChI=1S/C16H14F4N4O/c1-9-13-7-10(4-5-24(13)23-22-9)11-6-12(17)14(21-8-11)25-15(2,3)16(18,19)20/h4-8H,1-3H3/i1D3. The van der Waals surface area contributed by atoms with E-state index in [-0.39, 0.29) is 16.8 Å². The molecule has 0 aromatic carbocycles. The van der Waals surface area contributed by atoms with Crippen LogP contribution in [0.2, 0.25) is 0 Å². The van der Waals surface area contributed by atoms with E-state index in [1.807, 2.05) is 0 Å². The van der Waals surface area contributed by atoms with E-state index in [0.717, 1.165) is 26.1 Å². The Kier molecular flexibility index (Phi) is 3.08. The number of hydrogen-bond acceptors (Lipinski definition) is 4. The molecule has 0 saturated carbocycles. The van der Waals surface area contributed by atoms with Crippen LogP contribution in [0.3, 0.4) is 0 Å². The molecular formula is C16H14F4N4O. The zero-order chi connectivity index (χ0) is 20.9. The topological polar surface area (TPSA) is 52.3 Å². The smallest absolute Gasteiger partial charge is 0.427 e. The average Bonchev–Trinajstić information content (AvgIpc) is 2.98. The fraction of sp³-hybridized carbons (Fsp3) is 0.312. The molecule has 9 heteroatoms. The first-order chi connectivity index (χ1) is 12.8. The van der Waals surface area contributed by atoms with E-state index in [0.29, 0.717) is 5.56 Å². The first-order valence-corrected chi connectivity index (χ1v) is 7.07. The Hall–Kier alpha value is -2.71. The molecule has 5 nitrogen and oxygen atoms in total. The van der Waals surface area contributed by atoms with Crippen molar-refractivity contribution in [2.24, 2.45) is 0 Å². The summed E-state index contributed by atoms with van der Waals surface area (Å²) in [6.07, 6.45) is -2.15. The van der Waals surface area contributed by atoms with Crippen molar-refractivity contribution in [2.75, 3.05) is 0 Å². The summed E-state index contributed by atoms with van der Waals surface area (Å²) < 4.78 is 81.4. The van der Waals surface area contributed by atoms with E-state index in [1.54, 1.807) is 0 Å². The van der Waals surface area contributed by atoms with Gasteiger partial charge in [-0.1, -0.05) is 5.21 Å². The number of aryl methyl sites for hydroxylation is 1. The molecular weight excluding hydrogens is 340 g/mol. The van der Waals surface area contributed by atoms with Crippen LogP contribution in [0.4, 0.5) is 17.6 Å². The van der Waals surface area contributed by atoms with Gasteiger partial charge in [-0.25, -0.2) is 13.9 Å². The van der Waals surface area contributed by atoms with Gasteiger partial charge in [0.05, 0.1) is 11.2 Å². The fourth-order valence-corrected chi connectivity index (χ4v) is 2.03. The van der Waals surface area contributed by atoms with Gasteiger partial charge in [0.15, 0.2) is 11.4 Å². The molecule has 0 fully saturated rings. The van der Waals surface area contributed by atoms with Gasteiger partial charge in [-0.2, -0.15) is 13.2 Å². The number of pyridine rings is 2. The number of aromatic nitrogens is 4. The van der Waals surface area contributed by atoms with Crippen LogP contribution in [-0.4, -0.2) is 31.6 Å². The monoisotopic (exact) mass is 357 g/mol. The highest BCUT2D eigenvalue weighted by atomic mass is 19.4. The highest BCUT2D eigenvalue weighted by Gasteiger charge is 2.50. The first-order valence-electron chi connectivity index (χ1n) is 8.57. The van der Waals surface area contributed by atoms with Gasteiger partial charge in [-0.15, -0.1) is 5.10 Å². The van der Waals surface area contributed by atoms with Gasteiger partial charge in [0, 0.05) is 22.1 Å². The maximum Gasteiger partial charge on any atom is 0.427 e. The van der Waals surface area contributed by atoms with Gasteiger partial charge in [-0.05, 0) is 44.5 Å². The second kappa shape index (κ2) is 5.68. The summed E-state index contributed by atoms with van der Waals surface area (Å²) in [7, 11) is 0. The minimum Gasteiger partial charge on any atom is -0.460 e. The van der Waals surface area contributed by atoms with E-state index in [4.69, 9.17) is 8.85 Å². The molecule has 3 rings (SSSR count). The van der Waals surface area contributed by atoms with E-state index < -0.39 is 30.3 Å². The molecule has 0 unspecified atom stereocenters. The molecule has 0 bridgehead atoms. The zero-order valence-electron chi connectivity index (χ0n) is 16.1. The number of hydrogen-bond donors (Lipinski definition) is 0. The molecule has 0 aliphatic rings. The van der Waals surface area contributed by atoms with Crippen LogP contribution in [0.1, 0.15) is 23.7 Å². The third-order valence-electron chi connectivity index (χ3n) is 3.59. The van der Waals surface area contributed by atoms with Crippen molar-refractivity contribution >= 4 is 5.52 Å². The normalized spacial score (nSPS) is 14.9. The molecule has 0 saturated heterocycles. The molecule has 0 aliphatic carbocycles. The number of alkyl halides is 3. The molecule has 0 radical (unpaired) electrons. The summed E-state index contributed by atoms with van der Waals surface area (Å²) in [6.45, 7) is -0.970. The minimum atomic E-state index is -4.72. The molecule has 132 valence electrons. The predicted molar refractivity (Wildman–Crippen MR) is 81.7 cm³/mol. The summed E-state index contributed by atoms with van der Waals surface area (Å²) in [6, 6.07) is 3.90. The van der Waals surface area contributed by atoms with Gasteiger partial charge in [0.1, 0.15) is 0 Å². The van der Waals surface area contributed by atoms with Crippen LogP contribution in [-0.2, 0) is 0 Å². The largest absolute Gasteiger partial charge is 0.460 e. The summed E-state index contributed by atoms with van der Waals surface area (Å²) >= 11 is 0. The summed E-state index contributed by atoms with van der Waals surface area (Å²) in [5.74, 6) is -1.88. The Morgan fingerprint density at radius 2 is 1.96 bits per heavy atom. The number of fused-ring (bicyclic) bond motifs is 1. The number of ether oxygens (including phenoxy) is 1. The Bertz CT molecular complexity index is 1030. The quantitative estimate of drug-likeness (QED) is 0.666. The maximum atomic E-state index is 14.3. The average molecular weight is 357 g/mol. The molecule has 0 N–H and O–H groups in total. The number of rotatable bonds is 3. The zero-order valence-corrected chi connectivity index (χ0v) is 13.1. The minimum absolute atomic E-state index is 0.191. The second-order valence-corrected chi connectivity index (χ2v) is 5.80. The predicted octanol–water partition coefficient (Wildman–Crippen LogP) is 3.96. The molecule has 0 aliphatic heterocycles. The van der Waals surface area contributed by atoms with E-state index in [1.165, 1.54) is 22.8 Å². The summed E-state index contributed by atoms with van der Waals surface area (Å²) in [4.78, 5) is 3.65. The molecule has 3 aromatic heterocycles. The van der Waals surface area contributed by atoms with E-state index in [9.17, 15) is 17.6 Å². The Morgan fingerprint density at radius 3 is 2.60 bits per heavy atom. The van der Waals surface area contributed by atoms with Gasteiger partial charge in [0.2, 0.25) is 0 Å². The molecule has 0 amide bonds. The van der Waals surface area contributed by atoms with Crippen molar-refractivity contribution in [3.05, 3.63) is 42.1 Å². The number of nitrogens with zero attached hydrogens (tertiary/aromatic N) is 4. The summed E-state index contributed by atoms with van der Waals surface area (Å²) in [5.41, 5.74) is -2.06. The molecule has 0 spiro atoms. The van der Waals surface area contributed by atoms with Crippen LogP contribution >= 0.6 is 0 Å². The lowest BCUT2D eigenvalue weighted by Gasteiger charge is -2.28. The first kappa shape index (κ1) is 13.6. The van der Waals surface area contributed by atoms with Crippen LogP contribution < -0.4 is 4.74 Å². The van der Waals surface area contributed by atoms with Crippen molar-refractivity contribution in [1.82, 2.24) is 19.8 Å². The van der Waals surface area contributed by atoms with Gasteiger partial charge < -0.3 is 4.74 Å². The second-order valence-electron chi connectivity index (χ2n) is 5.80. The van der Waals surface area contributed by atoms with Crippen LogP contribution in [0, 0.1) is 12.7 Å². The van der Waals surface area contributed by atoms with Gasteiger partial charge in [0.25, 0.3) is 5.88 Å². The highest BCUT2D eigenvalue weighted by Crippen LogP contribution is 2.35. The van der Waals surface area contributed by atoms with Gasteiger partial charge >= 0.3 is 6.18 Å². The van der Waals surface area contributed by atoms with Crippen molar-refractivity contribution < 1.29 is 26.4 Å². The van der Waals surface area contributed by atoms with Crippen molar-refractivity contribution in [2.45, 2.75) is 32.5 Å². The lowest BCUT2D eigenvalue weighted by molar-refractivity contribution is -0.235. The Labute approximate surface area is 144 Å². The molecule has 3 aromatic rings. The van der Waals surface area contributed by atoms with Crippen LogP contribution in [0.15, 0.2) is 30.6 Å².